The molecule has 25 heavy (non-hydrogen) atoms. The number of carbonyl (C=O) groups is 1. The largest absolute Gasteiger partial charge is 0.497 e. The fraction of sp³-hybridized carbons (Fsp3) is 0.318. The molecule has 0 aliphatic heterocycles. The number of methoxy groups -OCH3 is 1. The molecular weight excluding hydrogens is 312 g/mol. The van der Waals surface area contributed by atoms with Gasteiger partial charge in [0.05, 0.1) is 13.7 Å². The van der Waals surface area contributed by atoms with Crippen LogP contribution in [0, 0.1) is 0 Å². The van der Waals surface area contributed by atoms with Gasteiger partial charge in [-0.05, 0) is 61.2 Å². The van der Waals surface area contributed by atoms with Gasteiger partial charge < -0.3 is 14.3 Å². The van der Waals surface area contributed by atoms with Crippen LogP contribution < -0.4 is 9.47 Å². The molecule has 0 atom stereocenters. The van der Waals surface area contributed by atoms with Crippen molar-refractivity contribution >= 4 is 11.4 Å². The van der Waals surface area contributed by atoms with E-state index in [-0.39, 0.29) is 5.78 Å². The third kappa shape index (κ3) is 6.46. The number of hydrogen-bond acceptors (Lipinski definition) is 3. The number of hydrogen-bond donors (Lipinski definition) is 0. The first kappa shape index (κ1) is 18.8. The first-order valence-electron chi connectivity index (χ1n) is 8.61. The monoisotopic (exact) mass is 338 g/mol. The second kappa shape index (κ2) is 9.67. The zero-order chi connectivity index (χ0) is 18.1. The lowest BCUT2D eigenvalue weighted by molar-refractivity contribution is -0.116. The summed E-state index contributed by atoms with van der Waals surface area (Å²) < 4.78 is 11.0. The molecule has 132 valence electrons. The van der Waals surface area contributed by atoms with Crippen molar-refractivity contribution in [2.24, 2.45) is 0 Å². The Morgan fingerprint density at radius 2 is 1.60 bits per heavy atom. The van der Waals surface area contributed by atoms with Crippen molar-refractivity contribution in [3.63, 3.8) is 0 Å². The quantitative estimate of drug-likeness (QED) is 0.598. The highest BCUT2D eigenvalue weighted by atomic mass is 16.5. The molecule has 0 radical (unpaired) electrons. The van der Waals surface area contributed by atoms with Crippen molar-refractivity contribution in [3.8, 4) is 11.5 Å². The molecule has 0 N–H and O–H groups in total. The van der Waals surface area contributed by atoms with Gasteiger partial charge in [-0.2, -0.15) is 0 Å². The lowest BCUT2D eigenvalue weighted by Gasteiger charge is -2.07. The highest BCUT2D eigenvalue weighted by Gasteiger charge is 1.99. The predicted octanol–water partition coefficient (Wildman–Crippen LogP) is 5.09. The Hall–Kier alpha value is -2.55. The lowest BCUT2D eigenvalue weighted by Crippen LogP contribution is -1.97. The summed E-state index contributed by atoms with van der Waals surface area (Å²) in [5.74, 6) is 1.95. The highest BCUT2D eigenvalue weighted by molar-refractivity contribution is 5.75. The van der Waals surface area contributed by atoms with Gasteiger partial charge in [0.15, 0.2) is 0 Å². The fourth-order valence-electron chi connectivity index (χ4n) is 2.50. The Balaban J connectivity index is 1.78. The molecule has 0 saturated carbocycles. The minimum absolute atomic E-state index is 0.222. The average molecular weight is 338 g/mol. The van der Waals surface area contributed by atoms with Gasteiger partial charge in [-0.25, -0.2) is 0 Å². The molecule has 0 heterocycles. The van der Waals surface area contributed by atoms with Gasteiger partial charge in [0.25, 0.3) is 0 Å². The maximum Gasteiger partial charge on any atom is 0.130 e. The van der Waals surface area contributed by atoms with Crippen molar-refractivity contribution in [2.45, 2.75) is 33.1 Å². The SMILES string of the molecule is COc1ccc(C(C)=CCCOc2ccc(CCC(C)=O)cc2)cc1. The summed E-state index contributed by atoms with van der Waals surface area (Å²) in [6.45, 7) is 4.37. The third-order valence-corrected chi connectivity index (χ3v) is 4.07. The van der Waals surface area contributed by atoms with E-state index in [1.54, 1.807) is 14.0 Å². The van der Waals surface area contributed by atoms with Crippen LogP contribution in [-0.4, -0.2) is 19.5 Å². The van der Waals surface area contributed by atoms with Crippen LogP contribution in [0.3, 0.4) is 0 Å². The zero-order valence-electron chi connectivity index (χ0n) is 15.2. The molecule has 3 nitrogen and oxygen atoms in total. The number of ether oxygens (including phenoxy) is 2. The lowest BCUT2D eigenvalue weighted by atomic mass is 10.1. The van der Waals surface area contributed by atoms with Gasteiger partial charge in [-0.15, -0.1) is 0 Å². The first-order chi connectivity index (χ1) is 12.1. The second-order valence-corrected chi connectivity index (χ2v) is 6.10. The number of carbonyl (C=O) groups excluding carboxylic acids is 1. The van der Waals surface area contributed by atoms with E-state index in [0.29, 0.717) is 13.0 Å². The maximum absolute atomic E-state index is 11.0. The second-order valence-electron chi connectivity index (χ2n) is 6.10. The van der Waals surface area contributed by atoms with Crippen LogP contribution in [0.25, 0.3) is 5.57 Å². The molecule has 0 saturated heterocycles. The molecule has 0 aliphatic carbocycles. The molecule has 3 heteroatoms. The number of allylic oxidation sites excluding steroid dienone is 1. The minimum Gasteiger partial charge on any atom is -0.497 e. The molecule has 0 bridgehead atoms. The Morgan fingerprint density at radius 1 is 0.960 bits per heavy atom. The minimum atomic E-state index is 0.222. The van der Waals surface area contributed by atoms with E-state index in [1.807, 2.05) is 36.4 Å². The van der Waals surface area contributed by atoms with E-state index in [0.717, 1.165) is 29.9 Å². The molecule has 0 fully saturated rings. The van der Waals surface area contributed by atoms with Crippen LogP contribution in [-0.2, 0) is 11.2 Å². The number of rotatable bonds is 9. The van der Waals surface area contributed by atoms with E-state index in [1.165, 1.54) is 11.1 Å². The van der Waals surface area contributed by atoms with Crippen molar-refractivity contribution in [2.75, 3.05) is 13.7 Å². The number of benzene rings is 2. The molecule has 2 aromatic rings. The topological polar surface area (TPSA) is 35.5 Å². The molecule has 2 aromatic carbocycles. The van der Waals surface area contributed by atoms with Crippen LogP contribution in [0.1, 0.15) is 37.8 Å². The molecule has 0 spiro atoms. The van der Waals surface area contributed by atoms with E-state index < -0.39 is 0 Å². The van der Waals surface area contributed by atoms with E-state index in [2.05, 4.69) is 25.1 Å². The molecule has 0 aromatic heterocycles. The predicted molar refractivity (Wildman–Crippen MR) is 102 cm³/mol. The van der Waals surface area contributed by atoms with Gasteiger partial charge in [0.2, 0.25) is 0 Å². The van der Waals surface area contributed by atoms with Gasteiger partial charge >= 0.3 is 0 Å². The molecular formula is C22H26O3. The van der Waals surface area contributed by atoms with Gasteiger partial charge in [-0.1, -0.05) is 30.3 Å². The van der Waals surface area contributed by atoms with Crippen LogP contribution in [0.15, 0.2) is 54.6 Å². The van der Waals surface area contributed by atoms with Gasteiger partial charge in [0.1, 0.15) is 17.3 Å². The normalized spacial score (nSPS) is 11.2. The smallest absolute Gasteiger partial charge is 0.130 e. The van der Waals surface area contributed by atoms with Crippen LogP contribution in [0.4, 0.5) is 0 Å². The summed E-state index contributed by atoms with van der Waals surface area (Å²) in [4.78, 5) is 11.0. The Labute approximate surface area is 150 Å². The van der Waals surface area contributed by atoms with E-state index in [9.17, 15) is 4.79 Å². The first-order valence-corrected chi connectivity index (χ1v) is 8.61. The van der Waals surface area contributed by atoms with Crippen LogP contribution in [0.2, 0.25) is 0 Å². The van der Waals surface area contributed by atoms with E-state index >= 15 is 0 Å². The summed E-state index contributed by atoms with van der Waals surface area (Å²) in [5, 5.41) is 0. The molecule has 0 amide bonds. The number of Topliss-reactive ketones (excluding diaryl/α,β-unsaturated/α-hetero) is 1. The Morgan fingerprint density at radius 3 is 2.20 bits per heavy atom. The van der Waals surface area contributed by atoms with Crippen molar-refractivity contribution in [1.29, 1.82) is 0 Å². The Kier molecular flexibility index (Phi) is 7.27. The zero-order valence-corrected chi connectivity index (χ0v) is 15.2. The van der Waals surface area contributed by atoms with E-state index in [4.69, 9.17) is 9.47 Å². The fourth-order valence-corrected chi connectivity index (χ4v) is 2.50. The third-order valence-electron chi connectivity index (χ3n) is 4.07. The summed E-state index contributed by atoms with van der Waals surface area (Å²) >= 11 is 0. The van der Waals surface area contributed by atoms with Crippen LogP contribution in [0.5, 0.6) is 11.5 Å². The summed E-state index contributed by atoms with van der Waals surface area (Å²) in [6, 6.07) is 16.0. The van der Waals surface area contributed by atoms with Gasteiger partial charge in [0, 0.05) is 12.8 Å². The molecule has 0 unspecified atom stereocenters. The number of aryl methyl sites for hydroxylation is 1. The number of ketones is 1. The Bertz CT molecular complexity index is 697. The summed E-state index contributed by atoms with van der Waals surface area (Å²) in [6.07, 6.45) is 4.42. The van der Waals surface area contributed by atoms with Gasteiger partial charge in [-0.3, -0.25) is 0 Å². The standard InChI is InChI=1S/C22H26O3/c1-17(20-10-14-21(24-3)15-11-20)5-4-16-25-22-12-8-19(9-13-22)7-6-18(2)23/h5,8-15H,4,6-7,16H2,1-3H3. The average Bonchev–Trinajstić information content (AvgIpc) is 2.64. The summed E-state index contributed by atoms with van der Waals surface area (Å²) in [5.41, 5.74) is 3.58. The maximum atomic E-state index is 11.0. The van der Waals surface area contributed by atoms with Crippen LogP contribution >= 0.6 is 0 Å². The van der Waals surface area contributed by atoms with Crippen molar-refractivity contribution < 1.29 is 14.3 Å². The highest BCUT2D eigenvalue weighted by Crippen LogP contribution is 2.19. The summed E-state index contributed by atoms with van der Waals surface area (Å²) in [7, 11) is 1.67. The van der Waals surface area contributed by atoms with Crippen molar-refractivity contribution in [3.05, 3.63) is 65.7 Å². The van der Waals surface area contributed by atoms with Crippen molar-refractivity contribution in [1.82, 2.24) is 0 Å². The molecule has 2 rings (SSSR count). The molecule has 0 aliphatic rings.